The Morgan fingerprint density at radius 2 is 0.692 bits per heavy atom. The van der Waals surface area contributed by atoms with E-state index >= 15 is 0 Å². The maximum Gasteiger partial charge on any atom is 1.00 e. The van der Waals surface area contributed by atoms with E-state index in [2.05, 4.69) is 44.9 Å². The number of aliphatic hydroxyl groups is 2. The third-order valence-corrected chi connectivity index (χ3v) is 35.0. The predicted octanol–water partition coefficient (Wildman–Crippen LogP) is 8.72. The Morgan fingerprint density at radius 3 is 0.993 bits per heavy atom. The standard InChI is InChI=1S/C26H35NO8S2.2C25H35NO7S2.C15H20O3.C9H12N2O6S2.B.Li.H/c1-8-36(30,31)19-9-10-24(23(13-19)26(29)35-7)37(32,33)27-25(28)14-22-20(16(2)3)11-18(15-34-6)12-21(22)17(4)5;2*1-16(2)22-9-18(14-33-6)10-23(17(3)4)24(22)12-20(28)15-34(29,30)25-8-7-21(11-19(25)13-27)35(31,32)26-5;1-9(2)12-5-11(8-17-4)6-13-10(3)18-15(16)7-14(12)13;1-11-19(15,16)6-3-4-8(18(10,13)14)7(5-6)9(12)17-2;;;/h9-13,16-17H,8,14-15H2,1-7H3,(H,27,28);2*7-11,16-17,26-27H,12-15H2,1-6H3;5-6,9-10H,7-8H2,1-4H3;3-5,11H,1-2H3,(H2,10,13,14);;;/q;;;;;;+1;-1. The average Bonchev–Trinajstić information content (AvgIpc) is 0.777. The van der Waals surface area contributed by atoms with Gasteiger partial charge in [-0.25, -0.2) is 101 Å². The molecule has 0 bridgehead atoms. The number of amides is 1. The van der Waals surface area contributed by atoms with E-state index in [1.165, 1.54) is 33.6 Å². The smallest absolute Gasteiger partial charge is 1.00 e. The van der Waals surface area contributed by atoms with Gasteiger partial charge in [0, 0.05) is 49.7 Å². The zero-order valence-corrected chi connectivity index (χ0v) is 94.0. The molecule has 9 rings (SSSR count). The van der Waals surface area contributed by atoms with Crippen molar-refractivity contribution >= 4 is 123 Å². The van der Waals surface area contributed by atoms with Crippen molar-refractivity contribution in [2.45, 2.75) is 263 Å². The first-order valence-corrected chi connectivity index (χ1v) is 58.1. The van der Waals surface area contributed by atoms with Crippen LogP contribution in [0.4, 0.5) is 0 Å². The maximum absolute atomic E-state index is 13.2. The molecule has 8 aromatic carbocycles. The van der Waals surface area contributed by atoms with Crippen LogP contribution in [-0.4, -0.2) is 202 Å². The molecule has 46 heteroatoms. The molecule has 0 aliphatic carbocycles. The van der Waals surface area contributed by atoms with Gasteiger partial charge in [-0.05, 0) is 248 Å². The van der Waals surface area contributed by atoms with Gasteiger partial charge in [0.25, 0.3) is 10.0 Å². The first-order valence-electron chi connectivity index (χ1n) is 45.7. The minimum absolute atomic E-state index is 0. The van der Waals surface area contributed by atoms with Crippen molar-refractivity contribution < 1.29 is 160 Å². The summed E-state index contributed by atoms with van der Waals surface area (Å²) < 4.78 is 241. The number of hydrogen-bond donors (Lipinski definition) is 7. The van der Waals surface area contributed by atoms with Crippen molar-refractivity contribution in [1.82, 2.24) is 18.9 Å². The fraction of sp³-hybridized carbons (Fsp3) is 0.460. The summed E-state index contributed by atoms with van der Waals surface area (Å²) in [5.74, 6) is -4.69. The topological polar surface area (TPSA) is 555 Å². The van der Waals surface area contributed by atoms with Crippen LogP contribution in [0.2, 0.25) is 0 Å². The van der Waals surface area contributed by atoms with Crippen LogP contribution in [0.1, 0.15) is 281 Å². The number of aliphatic hydroxyl groups excluding tert-OH is 2. The van der Waals surface area contributed by atoms with Gasteiger partial charge in [0.15, 0.2) is 41.1 Å². The minimum Gasteiger partial charge on any atom is -1.00 e. The number of nitrogens with two attached hydrogens (primary N) is 1. The molecular weight excluding hydrogens is 2040 g/mol. The molecular formula is C100H138BLiN5O31S8. The molecule has 0 fully saturated rings. The Labute approximate surface area is 877 Å². The number of ketones is 2. The molecule has 0 aromatic heterocycles. The molecule has 801 valence electrons. The minimum atomic E-state index is -4.53. The van der Waals surface area contributed by atoms with Gasteiger partial charge < -0.3 is 44.8 Å². The van der Waals surface area contributed by atoms with Crippen LogP contribution in [0.5, 0.6) is 0 Å². The van der Waals surface area contributed by atoms with Gasteiger partial charge in [0.1, 0.15) is 22.5 Å². The summed E-state index contributed by atoms with van der Waals surface area (Å²) in [4.78, 5) is 72.2. The van der Waals surface area contributed by atoms with E-state index in [9.17, 15) is 106 Å². The maximum atomic E-state index is 13.2. The number of fused-ring (bicyclic) bond motifs is 1. The molecule has 1 aliphatic heterocycles. The van der Waals surface area contributed by atoms with Gasteiger partial charge in [-0.3, -0.25) is 19.2 Å². The zero-order valence-electron chi connectivity index (χ0n) is 88.5. The van der Waals surface area contributed by atoms with Crippen LogP contribution >= 0.6 is 0 Å². The second-order valence-corrected chi connectivity index (χ2v) is 51.0. The summed E-state index contributed by atoms with van der Waals surface area (Å²) >= 11 is 0. The van der Waals surface area contributed by atoms with Crippen LogP contribution in [0.3, 0.4) is 0 Å². The van der Waals surface area contributed by atoms with Gasteiger partial charge in [-0.1, -0.05) is 146 Å². The summed E-state index contributed by atoms with van der Waals surface area (Å²) in [6, 6.07) is 28.8. The van der Waals surface area contributed by atoms with E-state index < -0.39 is 155 Å². The van der Waals surface area contributed by atoms with Crippen molar-refractivity contribution in [1.29, 1.82) is 0 Å². The Morgan fingerprint density at radius 1 is 0.404 bits per heavy atom. The molecule has 8 aromatic rings. The molecule has 1 aliphatic rings. The molecule has 146 heavy (non-hydrogen) atoms. The predicted molar refractivity (Wildman–Crippen MR) is 551 cm³/mol. The number of benzene rings is 8. The van der Waals surface area contributed by atoms with Gasteiger partial charge >= 0.3 is 36.8 Å². The fourth-order valence-corrected chi connectivity index (χ4v) is 24.1. The Balaban J connectivity index is 0.000000633. The molecule has 0 saturated heterocycles. The number of rotatable bonds is 42. The van der Waals surface area contributed by atoms with E-state index in [4.69, 9.17) is 28.8 Å². The number of nitrogens with one attached hydrogen (secondary N) is 4. The van der Waals surface area contributed by atoms with Crippen LogP contribution < -0.4 is 42.9 Å². The monoisotopic (exact) mass is 2180 g/mol. The largest absolute Gasteiger partial charge is 1.00 e. The number of carbonyl (C=O) groups excluding carboxylic acids is 6. The molecule has 3 radical (unpaired) electrons. The zero-order chi connectivity index (χ0) is 109. The average molecular weight is 2180 g/mol. The number of sulfonamides is 5. The molecule has 1 atom stereocenters. The van der Waals surface area contributed by atoms with E-state index in [1.54, 1.807) is 28.4 Å². The second kappa shape index (κ2) is 56.6. The number of hydrogen-bond acceptors (Lipinski definition) is 31. The van der Waals surface area contributed by atoms with Crippen molar-refractivity contribution in [3.05, 3.63) is 233 Å². The number of esters is 3. The number of cyclic esters (lactones) is 1. The van der Waals surface area contributed by atoms with Crippen LogP contribution in [0, 0.1) is 0 Å². The Hall–Kier alpha value is -9.16. The number of methoxy groups -OCH3 is 6. The van der Waals surface area contributed by atoms with Crippen LogP contribution in [0.25, 0.3) is 0 Å². The summed E-state index contributed by atoms with van der Waals surface area (Å²) in [7, 11) is -19.9. The number of sulfone groups is 3. The van der Waals surface area contributed by atoms with Gasteiger partial charge in [-0.15, -0.1) is 0 Å². The first kappa shape index (κ1) is 131. The normalized spacial score (nSPS) is 13.0. The number of ether oxygens (including phenoxy) is 7. The number of primary sulfonamides is 1. The fourth-order valence-electron chi connectivity index (χ4n) is 16.1. The van der Waals surface area contributed by atoms with E-state index in [0.29, 0.717) is 38.8 Å². The van der Waals surface area contributed by atoms with E-state index in [-0.39, 0.29) is 142 Å². The second-order valence-electron chi connectivity index (χ2n) is 36.0. The quantitative estimate of drug-likeness (QED) is 0.0107. The van der Waals surface area contributed by atoms with E-state index in [0.717, 1.165) is 170 Å². The van der Waals surface area contributed by atoms with Crippen molar-refractivity contribution in [3.63, 3.8) is 0 Å². The molecule has 8 N–H and O–H groups in total. The number of Topliss-reactive ketones (excluding diaryl/α,β-unsaturated/α-hetero) is 2. The summed E-state index contributed by atoms with van der Waals surface area (Å²) in [6.45, 7) is 32.3. The van der Waals surface area contributed by atoms with Crippen molar-refractivity contribution in [2.24, 2.45) is 5.14 Å². The SMILES string of the molecule is CCS(=O)(=O)c1ccc(S(=O)(=O)NC(=O)Cc2c(C(C)C)cc(COC)cc2C(C)C)c(C(=O)OC)c1.CNS(=O)(=O)c1ccc(S(=O)(=O)CC(=O)Cc2c(C(C)C)cc(COC)cc2C(C)C)c(CO)c1.CNS(=O)(=O)c1ccc(S(=O)(=O)CC(=O)Cc2c(C(C)C)cc(COC)cc2C(C)C)c(CO)c1.CNS(=O)(=O)c1ccc(S(N)(=O)=O)c(C(=O)OC)c1.COCc1cc(C(C)C)c2c(c1)C(C)OC(=O)C2.[B].[H-].[Li+]. The summed E-state index contributed by atoms with van der Waals surface area (Å²) in [5, 5.41) is 24.3. The third-order valence-electron chi connectivity index (χ3n) is 23.1. The van der Waals surface area contributed by atoms with Gasteiger partial charge in [0.2, 0.25) is 46.0 Å². The first-order chi connectivity index (χ1) is 66.9. The molecule has 1 amide bonds. The molecule has 1 unspecified atom stereocenters. The third kappa shape index (κ3) is 35.2. The Bertz CT molecular complexity index is 6700. The summed E-state index contributed by atoms with van der Waals surface area (Å²) in [5.41, 5.74) is 14.6. The van der Waals surface area contributed by atoms with Crippen LogP contribution in [0.15, 0.2) is 160 Å². The van der Waals surface area contributed by atoms with E-state index in [1.807, 2.05) is 136 Å². The molecule has 1 heterocycles. The van der Waals surface area contributed by atoms with Crippen molar-refractivity contribution in [3.8, 4) is 0 Å². The molecule has 0 spiro atoms. The van der Waals surface area contributed by atoms with Crippen LogP contribution in [-0.2, 0) is 197 Å². The number of carbonyl (C=O) groups is 6. The molecule has 0 saturated carbocycles. The summed E-state index contributed by atoms with van der Waals surface area (Å²) in [6.07, 6.45) is -0.0674. The molecule has 36 nitrogen and oxygen atoms in total. The van der Waals surface area contributed by atoms with Gasteiger partial charge in [-0.2, -0.15) is 0 Å². The Kier molecular flexibility index (Phi) is 50.8. The van der Waals surface area contributed by atoms with Crippen molar-refractivity contribution in [2.75, 3.05) is 81.1 Å². The van der Waals surface area contributed by atoms with Gasteiger partial charge in [0.05, 0.1) is 118 Å².